The highest BCUT2D eigenvalue weighted by Crippen LogP contribution is 2.31. The van der Waals surface area contributed by atoms with Crippen LogP contribution in [-0.2, 0) is 11.2 Å². The Balaban J connectivity index is 2.10. The second-order valence-corrected chi connectivity index (χ2v) is 5.73. The van der Waals surface area contributed by atoms with E-state index in [1.165, 1.54) is 6.08 Å². The van der Waals surface area contributed by atoms with Crippen LogP contribution in [0.4, 0.5) is 0 Å². The summed E-state index contributed by atoms with van der Waals surface area (Å²) in [4.78, 5) is 10.4. The smallest absolute Gasteiger partial charge is 0.161 e. The van der Waals surface area contributed by atoms with Gasteiger partial charge in [-0.15, -0.1) is 0 Å². The van der Waals surface area contributed by atoms with Gasteiger partial charge in [-0.2, -0.15) is 0 Å². The van der Waals surface area contributed by atoms with Crippen molar-refractivity contribution < 1.29 is 23.7 Å². The minimum Gasteiger partial charge on any atom is -0.493 e. The lowest BCUT2D eigenvalue weighted by Gasteiger charge is -2.18. The number of carbonyl (C=O) groups is 1. The molecule has 0 fully saturated rings. The number of ether oxygens (including phenoxy) is 4. The molecule has 0 heterocycles. The summed E-state index contributed by atoms with van der Waals surface area (Å²) in [6, 6.07) is 11.4. The van der Waals surface area contributed by atoms with Crippen LogP contribution in [0.15, 0.2) is 42.5 Å². The number of methoxy groups -OCH3 is 3. The summed E-state index contributed by atoms with van der Waals surface area (Å²) < 4.78 is 22.0. The fourth-order valence-electron chi connectivity index (χ4n) is 2.63. The van der Waals surface area contributed by atoms with E-state index in [0.717, 1.165) is 17.4 Å². The van der Waals surface area contributed by atoms with E-state index in [1.807, 2.05) is 43.3 Å². The van der Waals surface area contributed by atoms with Crippen LogP contribution in [0, 0.1) is 0 Å². The molecule has 0 aliphatic carbocycles. The van der Waals surface area contributed by atoms with E-state index in [4.69, 9.17) is 18.9 Å². The number of allylic oxidation sites excluding steroid dienone is 1. The number of carbonyl (C=O) groups excluding carboxylic acids is 1. The molecule has 138 valence electrons. The van der Waals surface area contributed by atoms with Crippen LogP contribution in [0.2, 0.25) is 0 Å². The molecule has 0 aromatic heterocycles. The Hall–Kier alpha value is -2.95. The Bertz CT molecular complexity index is 767. The first-order chi connectivity index (χ1) is 12.6. The fraction of sp³-hybridized carbons (Fsp3) is 0.286. The Morgan fingerprint density at radius 1 is 0.885 bits per heavy atom. The average Bonchev–Trinajstić information content (AvgIpc) is 2.66. The number of hydrogen-bond donors (Lipinski definition) is 0. The molecule has 0 N–H and O–H groups in total. The van der Waals surface area contributed by atoms with E-state index in [0.29, 0.717) is 29.4 Å². The van der Waals surface area contributed by atoms with Gasteiger partial charge in [0.2, 0.25) is 0 Å². The summed E-state index contributed by atoms with van der Waals surface area (Å²) in [6.45, 7) is 2.00. The summed E-state index contributed by atoms with van der Waals surface area (Å²) in [5.41, 5.74) is 1.95. The molecular weight excluding hydrogens is 332 g/mol. The lowest BCUT2D eigenvalue weighted by Crippen LogP contribution is -2.15. The standard InChI is InChI=1S/C21H24O5/c1-15(12-17-8-9-18(23-2)20(14-17)24-3)26-19-10-7-16(6-5-11-22)13-21(19)25-4/h5-11,13-15H,12H2,1-4H3/b6-5+. The van der Waals surface area contributed by atoms with Gasteiger partial charge >= 0.3 is 0 Å². The highest BCUT2D eigenvalue weighted by Gasteiger charge is 2.12. The summed E-state index contributed by atoms with van der Waals surface area (Å²) in [7, 11) is 4.82. The van der Waals surface area contributed by atoms with Gasteiger partial charge in [0.25, 0.3) is 0 Å². The second-order valence-electron chi connectivity index (χ2n) is 5.73. The predicted octanol–water partition coefficient (Wildman–Crippen LogP) is 3.93. The molecule has 0 amide bonds. The van der Waals surface area contributed by atoms with E-state index in [2.05, 4.69) is 0 Å². The van der Waals surface area contributed by atoms with Crippen LogP contribution in [0.5, 0.6) is 23.0 Å². The first-order valence-corrected chi connectivity index (χ1v) is 8.28. The molecule has 0 aliphatic heterocycles. The maximum absolute atomic E-state index is 10.4. The Morgan fingerprint density at radius 3 is 2.19 bits per heavy atom. The third-order valence-electron chi connectivity index (χ3n) is 3.85. The molecule has 0 spiro atoms. The largest absolute Gasteiger partial charge is 0.493 e. The molecule has 26 heavy (non-hydrogen) atoms. The third-order valence-corrected chi connectivity index (χ3v) is 3.85. The summed E-state index contributed by atoms with van der Waals surface area (Å²) in [6.07, 6.45) is 4.53. The lowest BCUT2D eigenvalue weighted by atomic mass is 10.1. The van der Waals surface area contributed by atoms with Gasteiger partial charge in [-0.3, -0.25) is 4.79 Å². The van der Waals surface area contributed by atoms with Gasteiger partial charge in [-0.05, 0) is 48.4 Å². The van der Waals surface area contributed by atoms with Crippen molar-refractivity contribution in [3.05, 3.63) is 53.6 Å². The molecule has 0 saturated heterocycles. The molecule has 0 aliphatic rings. The summed E-state index contributed by atoms with van der Waals surface area (Å²) in [5.74, 6) is 2.67. The first kappa shape index (κ1) is 19.4. The molecule has 1 unspecified atom stereocenters. The van der Waals surface area contributed by atoms with Crippen LogP contribution in [0.1, 0.15) is 18.1 Å². The van der Waals surface area contributed by atoms with E-state index in [-0.39, 0.29) is 6.10 Å². The zero-order valence-electron chi connectivity index (χ0n) is 15.5. The van der Waals surface area contributed by atoms with E-state index in [1.54, 1.807) is 27.4 Å². The number of rotatable bonds is 9. The van der Waals surface area contributed by atoms with Crippen molar-refractivity contribution in [3.8, 4) is 23.0 Å². The molecule has 2 aromatic carbocycles. The molecule has 0 bridgehead atoms. The SMILES string of the molecule is COc1ccc(CC(C)Oc2ccc(/C=C/C=O)cc2OC)cc1OC. The van der Waals surface area contributed by atoms with Crippen LogP contribution < -0.4 is 18.9 Å². The van der Waals surface area contributed by atoms with Crippen molar-refractivity contribution in [2.75, 3.05) is 21.3 Å². The summed E-state index contributed by atoms with van der Waals surface area (Å²) in [5, 5.41) is 0. The zero-order valence-corrected chi connectivity index (χ0v) is 15.5. The van der Waals surface area contributed by atoms with Gasteiger partial charge in [0, 0.05) is 6.42 Å². The topological polar surface area (TPSA) is 54.0 Å². The molecule has 5 heteroatoms. The molecule has 0 saturated carbocycles. The molecule has 2 aromatic rings. The Labute approximate surface area is 154 Å². The van der Waals surface area contributed by atoms with Gasteiger partial charge in [0.1, 0.15) is 12.4 Å². The first-order valence-electron chi connectivity index (χ1n) is 8.28. The zero-order chi connectivity index (χ0) is 18.9. The minimum atomic E-state index is -0.0710. The van der Waals surface area contributed by atoms with E-state index >= 15 is 0 Å². The maximum atomic E-state index is 10.4. The third kappa shape index (κ3) is 5.02. The Kier molecular flexibility index (Phi) is 7.09. The minimum absolute atomic E-state index is 0.0710. The van der Waals surface area contributed by atoms with Gasteiger partial charge in [-0.25, -0.2) is 0 Å². The van der Waals surface area contributed by atoms with Crippen LogP contribution in [0.25, 0.3) is 6.08 Å². The quantitative estimate of drug-likeness (QED) is 0.503. The van der Waals surface area contributed by atoms with Gasteiger partial charge in [-0.1, -0.05) is 18.2 Å². The normalized spacial score (nSPS) is 11.8. The van der Waals surface area contributed by atoms with E-state index < -0.39 is 0 Å². The monoisotopic (exact) mass is 356 g/mol. The lowest BCUT2D eigenvalue weighted by molar-refractivity contribution is -0.104. The van der Waals surface area contributed by atoms with Crippen LogP contribution in [0.3, 0.4) is 0 Å². The van der Waals surface area contributed by atoms with Crippen LogP contribution in [-0.4, -0.2) is 33.7 Å². The number of aldehydes is 1. The molecule has 5 nitrogen and oxygen atoms in total. The van der Waals surface area contributed by atoms with Crippen molar-refractivity contribution in [1.29, 1.82) is 0 Å². The van der Waals surface area contributed by atoms with Crippen molar-refractivity contribution >= 4 is 12.4 Å². The number of hydrogen-bond acceptors (Lipinski definition) is 5. The van der Waals surface area contributed by atoms with Gasteiger partial charge in [0.05, 0.1) is 21.3 Å². The van der Waals surface area contributed by atoms with E-state index in [9.17, 15) is 4.79 Å². The molecule has 0 radical (unpaired) electrons. The molecule has 2 rings (SSSR count). The average molecular weight is 356 g/mol. The van der Waals surface area contributed by atoms with Gasteiger partial charge < -0.3 is 18.9 Å². The van der Waals surface area contributed by atoms with Crippen molar-refractivity contribution in [1.82, 2.24) is 0 Å². The van der Waals surface area contributed by atoms with Crippen LogP contribution >= 0.6 is 0 Å². The number of benzene rings is 2. The van der Waals surface area contributed by atoms with Crippen molar-refractivity contribution in [3.63, 3.8) is 0 Å². The highest BCUT2D eigenvalue weighted by atomic mass is 16.5. The molecular formula is C21H24O5. The fourth-order valence-corrected chi connectivity index (χ4v) is 2.63. The second kappa shape index (κ2) is 9.51. The van der Waals surface area contributed by atoms with Crippen molar-refractivity contribution in [2.45, 2.75) is 19.4 Å². The maximum Gasteiger partial charge on any atom is 0.161 e. The predicted molar refractivity (Wildman–Crippen MR) is 101 cm³/mol. The highest BCUT2D eigenvalue weighted by molar-refractivity contribution is 5.74. The Morgan fingerprint density at radius 2 is 1.54 bits per heavy atom. The van der Waals surface area contributed by atoms with Gasteiger partial charge in [0.15, 0.2) is 23.0 Å². The van der Waals surface area contributed by atoms with Crippen molar-refractivity contribution in [2.24, 2.45) is 0 Å². The summed E-state index contributed by atoms with van der Waals surface area (Å²) >= 11 is 0. The molecule has 1 atom stereocenters.